The first-order valence-electron chi connectivity index (χ1n) is 7.10. The third kappa shape index (κ3) is 3.92. The van der Waals surface area contributed by atoms with Crippen molar-refractivity contribution in [1.82, 2.24) is 5.32 Å². The summed E-state index contributed by atoms with van der Waals surface area (Å²) in [6.07, 6.45) is 3.34. The number of carbonyl (C=O) groups is 2. The van der Waals surface area contributed by atoms with Crippen molar-refractivity contribution < 1.29 is 14.7 Å². The highest BCUT2D eigenvalue weighted by Crippen LogP contribution is 2.26. The Labute approximate surface area is 124 Å². The smallest absolute Gasteiger partial charge is 0.251 e. The van der Waals surface area contributed by atoms with Crippen LogP contribution in [0, 0.1) is 5.92 Å². The van der Waals surface area contributed by atoms with Gasteiger partial charge in [-0.3, -0.25) is 9.59 Å². The molecule has 0 aromatic heterocycles. The molecule has 112 valence electrons. The molecule has 1 saturated carbocycles. The highest BCUT2D eigenvalue weighted by molar-refractivity contribution is 5.96. The lowest BCUT2D eigenvalue weighted by molar-refractivity contribution is -0.122. The number of hydrogen-bond acceptors (Lipinski definition) is 3. The van der Waals surface area contributed by atoms with Gasteiger partial charge < -0.3 is 15.7 Å². The molecule has 5 nitrogen and oxygen atoms in total. The van der Waals surface area contributed by atoms with Crippen molar-refractivity contribution in [3.63, 3.8) is 0 Å². The van der Waals surface area contributed by atoms with Gasteiger partial charge in [0.05, 0.1) is 12.0 Å². The fraction of sp³-hybridized carbons (Fsp3) is 0.375. The van der Waals surface area contributed by atoms with Crippen LogP contribution in [0.1, 0.15) is 29.6 Å². The number of benzene rings is 1. The zero-order valence-corrected chi connectivity index (χ0v) is 11.8. The van der Waals surface area contributed by atoms with Crippen molar-refractivity contribution >= 4 is 17.5 Å². The van der Waals surface area contributed by atoms with Crippen LogP contribution in [0.25, 0.3) is 0 Å². The summed E-state index contributed by atoms with van der Waals surface area (Å²) in [6.45, 7) is 3.95. The summed E-state index contributed by atoms with van der Waals surface area (Å²) in [6, 6.07) is 6.67. The molecule has 3 N–H and O–H groups in total. The van der Waals surface area contributed by atoms with Crippen molar-refractivity contribution in [2.24, 2.45) is 5.92 Å². The minimum absolute atomic E-state index is 0.163. The van der Waals surface area contributed by atoms with E-state index in [1.807, 2.05) is 0 Å². The average molecular weight is 288 g/mol. The van der Waals surface area contributed by atoms with Crippen molar-refractivity contribution in [3.05, 3.63) is 42.5 Å². The topological polar surface area (TPSA) is 78.4 Å². The Kier molecular flexibility index (Phi) is 5.11. The Morgan fingerprint density at radius 2 is 2.00 bits per heavy atom. The van der Waals surface area contributed by atoms with Gasteiger partial charge in [-0.1, -0.05) is 6.08 Å². The summed E-state index contributed by atoms with van der Waals surface area (Å²) < 4.78 is 0. The maximum absolute atomic E-state index is 12.0. The molecule has 0 radical (unpaired) electrons. The van der Waals surface area contributed by atoms with Crippen molar-refractivity contribution in [2.45, 2.75) is 25.4 Å². The molecule has 1 aromatic carbocycles. The third-order valence-corrected chi connectivity index (χ3v) is 3.64. The zero-order valence-electron chi connectivity index (χ0n) is 11.8. The lowest BCUT2D eigenvalue weighted by atomic mass is 10.1. The van der Waals surface area contributed by atoms with E-state index in [-0.39, 0.29) is 17.7 Å². The number of carbonyl (C=O) groups excluding carboxylic acids is 2. The summed E-state index contributed by atoms with van der Waals surface area (Å²) in [5, 5.41) is 15.2. The monoisotopic (exact) mass is 288 g/mol. The van der Waals surface area contributed by atoms with Gasteiger partial charge in [-0.25, -0.2) is 0 Å². The van der Waals surface area contributed by atoms with Gasteiger partial charge >= 0.3 is 0 Å². The van der Waals surface area contributed by atoms with Crippen LogP contribution >= 0.6 is 0 Å². The largest absolute Gasteiger partial charge is 0.392 e. The summed E-state index contributed by atoms with van der Waals surface area (Å²) >= 11 is 0. The molecule has 0 heterocycles. The molecule has 2 unspecified atom stereocenters. The van der Waals surface area contributed by atoms with E-state index in [1.54, 1.807) is 30.3 Å². The number of nitrogens with one attached hydrogen (secondary N) is 2. The van der Waals surface area contributed by atoms with Crippen LogP contribution in [0.3, 0.4) is 0 Å². The Morgan fingerprint density at radius 3 is 2.57 bits per heavy atom. The molecule has 0 aliphatic heterocycles. The molecular weight excluding hydrogens is 268 g/mol. The van der Waals surface area contributed by atoms with Crippen LogP contribution in [-0.4, -0.2) is 29.6 Å². The van der Waals surface area contributed by atoms with Gasteiger partial charge in [-0.2, -0.15) is 0 Å². The zero-order chi connectivity index (χ0) is 15.2. The first kappa shape index (κ1) is 15.3. The van der Waals surface area contributed by atoms with Crippen molar-refractivity contribution in [2.75, 3.05) is 11.9 Å². The number of anilines is 1. The number of aliphatic hydroxyl groups excluding tert-OH is 1. The molecule has 0 saturated heterocycles. The second-order valence-corrected chi connectivity index (χ2v) is 5.17. The Morgan fingerprint density at radius 1 is 1.29 bits per heavy atom. The Bertz CT molecular complexity index is 525. The second-order valence-electron chi connectivity index (χ2n) is 5.17. The Balaban J connectivity index is 1.94. The maximum Gasteiger partial charge on any atom is 0.251 e. The first-order chi connectivity index (χ1) is 10.1. The Hall–Kier alpha value is -2.14. The van der Waals surface area contributed by atoms with Crippen LogP contribution in [0.5, 0.6) is 0 Å². The number of rotatable bonds is 5. The molecule has 0 bridgehead atoms. The minimum atomic E-state index is -0.547. The standard InChI is InChI=1S/C16H20N2O3/c1-2-10-17-15(20)11-6-8-12(9-7-11)18-16(21)13-4-3-5-14(13)19/h2,6-9,13-14,19H,1,3-5,10H2,(H,17,20)(H,18,21). The molecule has 1 aromatic rings. The van der Waals surface area contributed by atoms with Gasteiger partial charge in [-0.15, -0.1) is 6.58 Å². The number of hydrogen-bond donors (Lipinski definition) is 3. The first-order valence-corrected chi connectivity index (χ1v) is 7.10. The molecule has 1 aliphatic rings. The van der Waals surface area contributed by atoms with Crippen molar-refractivity contribution in [3.8, 4) is 0 Å². The van der Waals surface area contributed by atoms with E-state index in [9.17, 15) is 14.7 Å². The lowest BCUT2D eigenvalue weighted by Crippen LogP contribution is -2.28. The van der Waals surface area contributed by atoms with Gasteiger partial charge in [0.1, 0.15) is 0 Å². The molecule has 2 amide bonds. The van der Waals surface area contributed by atoms with Gasteiger partial charge in [0.25, 0.3) is 5.91 Å². The SMILES string of the molecule is C=CCNC(=O)c1ccc(NC(=O)C2CCCC2O)cc1. The predicted molar refractivity (Wildman–Crippen MR) is 80.9 cm³/mol. The van der Waals surface area contributed by atoms with E-state index in [0.29, 0.717) is 24.2 Å². The van der Waals surface area contributed by atoms with E-state index in [4.69, 9.17) is 0 Å². The maximum atomic E-state index is 12.0. The van der Waals surface area contributed by atoms with E-state index >= 15 is 0 Å². The average Bonchev–Trinajstić information content (AvgIpc) is 2.91. The molecule has 0 spiro atoms. The fourth-order valence-corrected chi connectivity index (χ4v) is 2.45. The molecule has 2 atom stereocenters. The van der Waals surface area contributed by atoms with Crippen LogP contribution in [-0.2, 0) is 4.79 Å². The van der Waals surface area contributed by atoms with Gasteiger partial charge in [0, 0.05) is 17.8 Å². The summed E-state index contributed by atoms with van der Waals surface area (Å²) in [5.74, 6) is -0.677. The van der Waals surface area contributed by atoms with E-state index in [1.165, 1.54) is 0 Å². The van der Waals surface area contributed by atoms with Crippen molar-refractivity contribution in [1.29, 1.82) is 0 Å². The molecule has 1 fully saturated rings. The fourth-order valence-electron chi connectivity index (χ4n) is 2.45. The molecule has 5 heteroatoms. The minimum Gasteiger partial charge on any atom is -0.392 e. The predicted octanol–water partition coefficient (Wildman–Crippen LogP) is 1.70. The van der Waals surface area contributed by atoms with Gasteiger partial charge in [-0.05, 0) is 43.5 Å². The van der Waals surface area contributed by atoms with Crippen LogP contribution in [0.15, 0.2) is 36.9 Å². The molecule has 21 heavy (non-hydrogen) atoms. The third-order valence-electron chi connectivity index (χ3n) is 3.64. The molecule has 1 aliphatic carbocycles. The van der Waals surface area contributed by atoms with E-state index in [0.717, 1.165) is 12.8 Å². The normalized spacial score (nSPS) is 20.8. The van der Waals surface area contributed by atoms with Gasteiger partial charge in [0.2, 0.25) is 5.91 Å². The highest BCUT2D eigenvalue weighted by Gasteiger charge is 2.31. The van der Waals surface area contributed by atoms with Crippen LogP contribution in [0.4, 0.5) is 5.69 Å². The second kappa shape index (κ2) is 7.04. The molecular formula is C16H20N2O3. The highest BCUT2D eigenvalue weighted by atomic mass is 16.3. The number of aliphatic hydroxyl groups is 1. The number of amides is 2. The van der Waals surface area contributed by atoms with E-state index in [2.05, 4.69) is 17.2 Å². The molecule has 2 rings (SSSR count). The van der Waals surface area contributed by atoms with Crippen LogP contribution < -0.4 is 10.6 Å². The van der Waals surface area contributed by atoms with Gasteiger partial charge in [0.15, 0.2) is 0 Å². The van der Waals surface area contributed by atoms with E-state index < -0.39 is 6.10 Å². The summed E-state index contributed by atoms with van der Waals surface area (Å²) in [5.41, 5.74) is 1.15. The summed E-state index contributed by atoms with van der Waals surface area (Å²) in [4.78, 5) is 23.7. The quantitative estimate of drug-likeness (QED) is 0.722. The van der Waals surface area contributed by atoms with Crippen LogP contribution in [0.2, 0.25) is 0 Å². The lowest BCUT2D eigenvalue weighted by Gasteiger charge is -2.14. The summed E-state index contributed by atoms with van der Waals surface area (Å²) in [7, 11) is 0.